The fourth-order valence-corrected chi connectivity index (χ4v) is 2.16. The Morgan fingerprint density at radius 1 is 1.53 bits per heavy atom. The predicted molar refractivity (Wildman–Crippen MR) is 75.0 cm³/mol. The Morgan fingerprint density at radius 3 is 2.84 bits per heavy atom. The molecule has 0 aliphatic rings. The Balaban J connectivity index is 2.33. The van der Waals surface area contributed by atoms with Gasteiger partial charge < -0.3 is 16.2 Å². The first kappa shape index (κ1) is 13.4. The molecule has 19 heavy (non-hydrogen) atoms. The van der Waals surface area contributed by atoms with Crippen LogP contribution in [0.5, 0.6) is 5.75 Å². The Bertz CT molecular complexity index is 624. The maximum Gasteiger partial charge on any atom is 0.271 e. The Kier molecular flexibility index (Phi) is 3.75. The third-order valence-corrected chi connectivity index (χ3v) is 3.09. The van der Waals surface area contributed by atoms with Gasteiger partial charge in [0.15, 0.2) is 5.69 Å². The minimum absolute atomic E-state index is 0.0777. The van der Waals surface area contributed by atoms with Gasteiger partial charge in [0.25, 0.3) is 5.91 Å². The van der Waals surface area contributed by atoms with Crippen molar-refractivity contribution in [1.29, 1.82) is 0 Å². The highest BCUT2D eigenvalue weighted by atomic mass is 79.9. The van der Waals surface area contributed by atoms with Gasteiger partial charge in [0.2, 0.25) is 0 Å². The molecule has 4 N–H and O–H groups in total. The van der Waals surface area contributed by atoms with E-state index in [0.717, 1.165) is 15.8 Å². The van der Waals surface area contributed by atoms with Crippen molar-refractivity contribution in [3.8, 4) is 5.75 Å². The largest absolute Gasteiger partial charge is 0.496 e. The number of halogens is 1. The van der Waals surface area contributed by atoms with E-state index in [9.17, 15) is 4.79 Å². The zero-order valence-corrected chi connectivity index (χ0v) is 11.8. The number of carbonyl (C=O) groups is 1. The number of rotatable bonds is 4. The highest BCUT2D eigenvalue weighted by Gasteiger charge is 2.12. The molecule has 1 aromatic heterocycles. The summed E-state index contributed by atoms with van der Waals surface area (Å²) in [7, 11) is 1.60. The lowest BCUT2D eigenvalue weighted by molar-refractivity contribution is 0.0995. The molecule has 1 amide bonds. The maximum atomic E-state index is 11.1. The van der Waals surface area contributed by atoms with E-state index in [0.29, 0.717) is 6.54 Å². The first-order valence-corrected chi connectivity index (χ1v) is 6.25. The van der Waals surface area contributed by atoms with Gasteiger partial charge in [-0.05, 0) is 18.2 Å². The Morgan fingerprint density at radius 2 is 2.26 bits per heavy atom. The second-order valence-electron chi connectivity index (χ2n) is 3.95. The molecule has 0 saturated carbocycles. The number of anilines is 1. The van der Waals surface area contributed by atoms with Gasteiger partial charge in [0.05, 0.1) is 19.3 Å². The molecule has 1 aromatic carbocycles. The Hall–Kier alpha value is -2.02. The van der Waals surface area contributed by atoms with Crippen LogP contribution in [0.3, 0.4) is 0 Å². The van der Waals surface area contributed by atoms with Crippen LogP contribution in [-0.2, 0) is 6.54 Å². The molecule has 0 aliphatic heterocycles. The topological polar surface area (TPSA) is 96.2 Å². The van der Waals surface area contributed by atoms with Crippen molar-refractivity contribution in [2.75, 3.05) is 12.8 Å². The monoisotopic (exact) mass is 324 g/mol. The van der Waals surface area contributed by atoms with Gasteiger partial charge >= 0.3 is 0 Å². The summed E-state index contributed by atoms with van der Waals surface area (Å²) in [6.07, 6.45) is 1.57. The van der Waals surface area contributed by atoms with Crippen LogP contribution in [0.25, 0.3) is 0 Å². The van der Waals surface area contributed by atoms with Gasteiger partial charge in [-0.1, -0.05) is 15.9 Å². The van der Waals surface area contributed by atoms with E-state index in [-0.39, 0.29) is 11.4 Å². The van der Waals surface area contributed by atoms with Crippen molar-refractivity contribution >= 4 is 27.5 Å². The number of hydrogen-bond donors (Lipinski definition) is 2. The summed E-state index contributed by atoms with van der Waals surface area (Å²) in [6.45, 7) is 0.431. The van der Waals surface area contributed by atoms with Crippen molar-refractivity contribution in [2.45, 2.75) is 6.54 Å². The molecule has 0 fully saturated rings. The molecule has 0 bridgehead atoms. The molecule has 7 heteroatoms. The summed E-state index contributed by atoms with van der Waals surface area (Å²) in [5.74, 6) is 0.0929. The van der Waals surface area contributed by atoms with Gasteiger partial charge in [-0.15, -0.1) is 0 Å². The molecule has 0 spiro atoms. The first-order chi connectivity index (χ1) is 9.01. The van der Waals surface area contributed by atoms with Crippen LogP contribution in [0.2, 0.25) is 0 Å². The highest BCUT2D eigenvalue weighted by Crippen LogP contribution is 2.24. The Labute approximate surface area is 118 Å². The predicted octanol–water partition coefficient (Wildman–Crippen LogP) is 1.38. The standard InChI is InChI=1S/C12H13BrN4O2/c1-19-10-3-2-8(13)4-7(10)5-17-6-9(14)11(16-17)12(15)18/h2-4,6H,5,14H2,1H3,(H2,15,18). The van der Waals surface area contributed by atoms with Crippen LogP contribution in [-0.4, -0.2) is 22.8 Å². The second-order valence-corrected chi connectivity index (χ2v) is 4.87. The van der Waals surface area contributed by atoms with Crippen molar-refractivity contribution < 1.29 is 9.53 Å². The third kappa shape index (κ3) is 2.87. The average molecular weight is 325 g/mol. The molecular formula is C12H13BrN4O2. The number of nitrogens with zero attached hydrogens (tertiary/aromatic N) is 2. The highest BCUT2D eigenvalue weighted by molar-refractivity contribution is 9.10. The van der Waals surface area contributed by atoms with E-state index in [1.54, 1.807) is 18.0 Å². The van der Waals surface area contributed by atoms with E-state index in [1.807, 2.05) is 18.2 Å². The van der Waals surface area contributed by atoms with E-state index in [2.05, 4.69) is 21.0 Å². The first-order valence-electron chi connectivity index (χ1n) is 5.46. The summed E-state index contributed by atoms with van der Waals surface area (Å²) in [4.78, 5) is 11.1. The molecule has 100 valence electrons. The van der Waals surface area contributed by atoms with Gasteiger partial charge in [-0.2, -0.15) is 5.10 Å². The van der Waals surface area contributed by atoms with E-state index in [4.69, 9.17) is 16.2 Å². The molecule has 0 unspecified atom stereocenters. The number of primary amides is 1. The van der Waals surface area contributed by atoms with Crippen molar-refractivity contribution in [3.63, 3.8) is 0 Å². The molecule has 2 rings (SSSR count). The van der Waals surface area contributed by atoms with E-state index >= 15 is 0 Å². The lowest BCUT2D eigenvalue weighted by Gasteiger charge is -2.08. The summed E-state index contributed by atoms with van der Waals surface area (Å²) in [5.41, 5.74) is 12.1. The quantitative estimate of drug-likeness (QED) is 0.888. The summed E-state index contributed by atoms with van der Waals surface area (Å²) >= 11 is 3.40. The van der Waals surface area contributed by atoms with E-state index < -0.39 is 5.91 Å². The fraction of sp³-hybridized carbons (Fsp3) is 0.167. The number of methoxy groups -OCH3 is 1. The van der Waals surface area contributed by atoms with E-state index in [1.165, 1.54) is 0 Å². The van der Waals surface area contributed by atoms with Gasteiger partial charge in [-0.3, -0.25) is 9.48 Å². The number of hydrogen-bond acceptors (Lipinski definition) is 4. The van der Waals surface area contributed by atoms with Crippen LogP contribution < -0.4 is 16.2 Å². The van der Waals surface area contributed by atoms with Crippen LogP contribution in [0.4, 0.5) is 5.69 Å². The third-order valence-electron chi connectivity index (χ3n) is 2.60. The molecule has 1 heterocycles. The smallest absolute Gasteiger partial charge is 0.271 e. The summed E-state index contributed by atoms with van der Waals surface area (Å²) < 4.78 is 7.76. The number of nitrogen functional groups attached to an aromatic ring is 1. The van der Waals surface area contributed by atoms with Crippen LogP contribution in [0.15, 0.2) is 28.9 Å². The molecule has 0 saturated heterocycles. The normalized spacial score (nSPS) is 10.4. The molecule has 6 nitrogen and oxygen atoms in total. The fourth-order valence-electron chi connectivity index (χ4n) is 1.75. The number of benzene rings is 1. The molecule has 0 aliphatic carbocycles. The van der Waals surface area contributed by atoms with Crippen LogP contribution in [0.1, 0.15) is 16.1 Å². The van der Waals surface area contributed by atoms with Crippen LogP contribution in [0, 0.1) is 0 Å². The van der Waals surface area contributed by atoms with Gasteiger partial charge in [0.1, 0.15) is 5.75 Å². The number of ether oxygens (including phenoxy) is 1. The lowest BCUT2D eigenvalue weighted by atomic mass is 10.2. The second kappa shape index (κ2) is 5.31. The summed E-state index contributed by atoms with van der Waals surface area (Å²) in [5, 5.41) is 4.06. The van der Waals surface area contributed by atoms with Crippen molar-refractivity contribution in [1.82, 2.24) is 9.78 Å². The lowest BCUT2D eigenvalue weighted by Crippen LogP contribution is -2.14. The number of aromatic nitrogens is 2. The number of carbonyl (C=O) groups excluding carboxylic acids is 1. The van der Waals surface area contributed by atoms with Crippen molar-refractivity contribution in [2.24, 2.45) is 5.73 Å². The minimum atomic E-state index is -0.641. The SMILES string of the molecule is COc1ccc(Br)cc1Cn1cc(N)c(C(N)=O)n1. The van der Waals surface area contributed by atoms with Crippen LogP contribution >= 0.6 is 15.9 Å². The molecule has 2 aromatic rings. The maximum absolute atomic E-state index is 11.1. The molecule has 0 atom stereocenters. The zero-order valence-electron chi connectivity index (χ0n) is 10.3. The van der Waals surface area contributed by atoms with Gasteiger partial charge in [-0.25, -0.2) is 0 Å². The van der Waals surface area contributed by atoms with Crippen molar-refractivity contribution in [3.05, 3.63) is 40.1 Å². The molecular weight excluding hydrogens is 312 g/mol. The number of amides is 1. The zero-order chi connectivity index (χ0) is 14.0. The average Bonchev–Trinajstić information content (AvgIpc) is 2.71. The molecule has 0 radical (unpaired) electrons. The minimum Gasteiger partial charge on any atom is -0.496 e. The summed E-state index contributed by atoms with van der Waals surface area (Å²) in [6, 6.07) is 5.65. The number of nitrogens with two attached hydrogens (primary N) is 2. The van der Waals surface area contributed by atoms with Gasteiger partial charge in [0, 0.05) is 16.2 Å².